The third-order valence-corrected chi connectivity index (χ3v) is 7.13. The molecule has 0 amide bonds. The van der Waals surface area contributed by atoms with Gasteiger partial charge in [0.2, 0.25) is 0 Å². The summed E-state index contributed by atoms with van der Waals surface area (Å²) in [7, 11) is 0. The number of nitrogens with zero attached hydrogens (tertiary/aromatic N) is 4. The summed E-state index contributed by atoms with van der Waals surface area (Å²) in [5, 5.41) is 8.88. The Morgan fingerprint density at radius 3 is 2.26 bits per heavy atom. The Hall–Kier alpha value is -2.92. The standard InChI is InChI=1S/C28H34N4O3/c29-16-22-4-10-25(11-5-22)34-15-3-12-30-17-26-19-31(20-27(18-30)35-26)21-28(33)23-6-8-24(9-7-23)32-13-1-2-14-32/h4-11,26-27H,1-3,12-15,17-21H2. The molecule has 3 heterocycles. The number of morpholine rings is 2. The highest BCUT2D eigenvalue weighted by Gasteiger charge is 2.35. The number of carbonyl (C=O) groups is 1. The molecule has 35 heavy (non-hydrogen) atoms. The number of ether oxygens (including phenoxy) is 2. The van der Waals surface area contributed by atoms with Crippen LogP contribution >= 0.6 is 0 Å². The Morgan fingerprint density at radius 2 is 1.60 bits per heavy atom. The molecule has 2 unspecified atom stereocenters. The highest BCUT2D eigenvalue weighted by molar-refractivity contribution is 5.97. The molecule has 0 radical (unpaired) electrons. The zero-order valence-electron chi connectivity index (χ0n) is 20.3. The molecule has 3 aliphatic heterocycles. The van der Waals surface area contributed by atoms with Gasteiger partial charge < -0.3 is 14.4 Å². The summed E-state index contributed by atoms with van der Waals surface area (Å²) in [6.45, 7) is 7.68. The minimum Gasteiger partial charge on any atom is -0.494 e. The number of hydrogen-bond acceptors (Lipinski definition) is 7. The van der Waals surface area contributed by atoms with E-state index in [1.165, 1.54) is 18.5 Å². The van der Waals surface area contributed by atoms with Crippen molar-refractivity contribution >= 4 is 11.5 Å². The summed E-state index contributed by atoms with van der Waals surface area (Å²) in [6, 6.07) is 17.5. The number of carbonyl (C=O) groups excluding carboxylic acids is 1. The molecule has 3 aliphatic rings. The zero-order valence-corrected chi connectivity index (χ0v) is 20.3. The average molecular weight is 475 g/mol. The monoisotopic (exact) mass is 474 g/mol. The smallest absolute Gasteiger partial charge is 0.176 e. The SMILES string of the molecule is N#Cc1ccc(OCCCN2CC3CN(CC(=O)c4ccc(N5CCCC5)cc4)CC(C2)O3)cc1. The highest BCUT2D eigenvalue weighted by atomic mass is 16.5. The Labute approximate surface area is 207 Å². The van der Waals surface area contributed by atoms with Gasteiger partial charge in [-0.2, -0.15) is 5.26 Å². The predicted octanol–water partition coefficient (Wildman–Crippen LogP) is 3.20. The molecule has 2 aromatic carbocycles. The van der Waals surface area contributed by atoms with E-state index in [1.54, 1.807) is 12.1 Å². The van der Waals surface area contributed by atoms with Crippen LogP contribution in [-0.2, 0) is 4.74 Å². The first-order valence-electron chi connectivity index (χ1n) is 12.8. The van der Waals surface area contributed by atoms with Crippen LogP contribution in [0.5, 0.6) is 5.75 Å². The van der Waals surface area contributed by atoms with Crippen LogP contribution in [0.1, 0.15) is 35.2 Å². The number of benzene rings is 2. The quantitative estimate of drug-likeness (QED) is 0.408. The Morgan fingerprint density at radius 1 is 0.943 bits per heavy atom. The second-order valence-corrected chi connectivity index (χ2v) is 9.84. The highest BCUT2D eigenvalue weighted by Crippen LogP contribution is 2.22. The van der Waals surface area contributed by atoms with Gasteiger partial charge >= 0.3 is 0 Å². The van der Waals surface area contributed by atoms with Crippen molar-refractivity contribution in [1.29, 1.82) is 5.26 Å². The molecule has 3 fully saturated rings. The van der Waals surface area contributed by atoms with Gasteiger partial charge in [0.1, 0.15) is 5.75 Å². The summed E-state index contributed by atoms with van der Waals surface area (Å²) < 4.78 is 12.0. The largest absolute Gasteiger partial charge is 0.494 e. The van der Waals surface area contributed by atoms with Gasteiger partial charge in [-0.1, -0.05) is 0 Å². The second kappa shape index (κ2) is 11.2. The molecule has 0 N–H and O–H groups in total. The lowest BCUT2D eigenvalue weighted by Gasteiger charge is -2.45. The number of ketones is 1. The fourth-order valence-corrected chi connectivity index (χ4v) is 5.40. The fourth-order valence-electron chi connectivity index (χ4n) is 5.40. The lowest BCUT2D eigenvalue weighted by atomic mass is 10.1. The number of Topliss-reactive ketones (excluding diaryl/α,β-unsaturated/α-hetero) is 1. The third-order valence-electron chi connectivity index (χ3n) is 7.13. The molecule has 0 aliphatic carbocycles. The molecule has 184 valence electrons. The summed E-state index contributed by atoms with van der Waals surface area (Å²) in [4.78, 5) is 20.0. The second-order valence-electron chi connectivity index (χ2n) is 9.84. The van der Waals surface area contributed by atoms with E-state index in [0.29, 0.717) is 18.7 Å². The number of anilines is 1. The summed E-state index contributed by atoms with van der Waals surface area (Å²) in [6.07, 6.45) is 3.74. The molecular weight excluding hydrogens is 440 g/mol. The van der Waals surface area contributed by atoms with E-state index in [1.807, 2.05) is 24.3 Å². The van der Waals surface area contributed by atoms with Gasteiger partial charge in [-0.15, -0.1) is 0 Å². The normalized spacial score (nSPS) is 22.7. The van der Waals surface area contributed by atoms with E-state index < -0.39 is 0 Å². The van der Waals surface area contributed by atoms with Crippen molar-refractivity contribution < 1.29 is 14.3 Å². The van der Waals surface area contributed by atoms with Crippen LogP contribution in [-0.4, -0.2) is 86.8 Å². The van der Waals surface area contributed by atoms with Crippen LogP contribution in [0, 0.1) is 11.3 Å². The van der Waals surface area contributed by atoms with Crippen molar-refractivity contribution in [3.8, 4) is 11.8 Å². The lowest BCUT2D eigenvalue weighted by molar-refractivity contribution is -0.136. The predicted molar refractivity (Wildman–Crippen MR) is 135 cm³/mol. The van der Waals surface area contributed by atoms with Gasteiger partial charge in [0.25, 0.3) is 0 Å². The third kappa shape index (κ3) is 6.21. The molecule has 0 spiro atoms. The van der Waals surface area contributed by atoms with E-state index >= 15 is 0 Å². The molecule has 3 saturated heterocycles. The van der Waals surface area contributed by atoms with Gasteiger partial charge in [-0.05, 0) is 67.8 Å². The number of nitriles is 1. The molecule has 2 atom stereocenters. The Bertz CT molecular complexity index is 1010. The van der Waals surface area contributed by atoms with Crippen LogP contribution in [0.3, 0.4) is 0 Å². The minimum absolute atomic E-state index is 0.146. The van der Waals surface area contributed by atoms with Crippen LogP contribution in [0.4, 0.5) is 5.69 Å². The van der Waals surface area contributed by atoms with E-state index in [2.05, 4.69) is 32.9 Å². The van der Waals surface area contributed by atoms with Crippen molar-refractivity contribution in [1.82, 2.24) is 9.80 Å². The summed E-state index contributed by atoms with van der Waals surface area (Å²) in [5.41, 5.74) is 2.67. The van der Waals surface area contributed by atoms with Gasteiger partial charge in [-0.3, -0.25) is 14.6 Å². The molecule has 5 rings (SSSR count). The van der Waals surface area contributed by atoms with E-state index in [-0.39, 0.29) is 18.0 Å². The average Bonchev–Trinajstić information content (AvgIpc) is 3.42. The van der Waals surface area contributed by atoms with Gasteiger partial charge in [0.15, 0.2) is 5.78 Å². The fraction of sp³-hybridized carbons (Fsp3) is 0.500. The number of rotatable bonds is 9. The molecule has 2 aromatic rings. The molecule has 7 heteroatoms. The molecule has 7 nitrogen and oxygen atoms in total. The lowest BCUT2D eigenvalue weighted by Crippen LogP contribution is -2.60. The Balaban J connectivity index is 1.04. The minimum atomic E-state index is 0.146. The van der Waals surface area contributed by atoms with Crippen LogP contribution in [0.2, 0.25) is 0 Å². The molecule has 0 aromatic heterocycles. The Kier molecular flexibility index (Phi) is 7.63. The first-order chi connectivity index (χ1) is 17.2. The van der Waals surface area contributed by atoms with Gasteiger partial charge in [-0.25, -0.2) is 0 Å². The maximum atomic E-state index is 12.9. The first-order valence-corrected chi connectivity index (χ1v) is 12.8. The van der Waals surface area contributed by atoms with Crippen molar-refractivity contribution in [3.63, 3.8) is 0 Å². The topological polar surface area (TPSA) is 69.0 Å². The molecule has 0 saturated carbocycles. The van der Waals surface area contributed by atoms with Gasteiger partial charge in [0, 0.05) is 57.1 Å². The first kappa shape index (κ1) is 23.8. The molecular formula is C28H34N4O3. The van der Waals surface area contributed by atoms with Crippen molar-refractivity contribution in [3.05, 3.63) is 59.7 Å². The maximum Gasteiger partial charge on any atom is 0.176 e. The van der Waals surface area contributed by atoms with Crippen LogP contribution in [0.15, 0.2) is 48.5 Å². The van der Waals surface area contributed by atoms with Crippen molar-refractivity contribution in [2.45, 2.75) is 31.5 Å². The maximum absolute atomic E-state index is 12.9. The van der Waals surface area contributed by atoms with Crippen LogP contribution in [0.25, 0.3) is 0 Å². The summed E-state index contributed by atoms with van der Waals surface area (Å²) >= 11 is 0. The number of fused-ring (bicyclic) bond motifs is 2. The van der Waals surface area contributed by atoms with E-state index in [9.17, 15) is 4.79 Å². The van der Waals surface area contributed by atoms with E-state index in [0.717, 1.165) is 63.5 Å². The zero-order chi connectivity index (χ0) is 24.0. The van der Waals surface area contributed by atoms with Gasteiger partial charge in [0.05, 0.1) is 37.0 Å². The summed E-state index contributed by atoms with van der Waals surface area (Å²) in [5.74, 6) is 0.989. The van der Waals surface area contributed by atoms with E-state index in [4.69, 9.17) is 14.7 Å². The van der Waals surface area contributed by atoms with Crippen molar-refractivity contribution in [2.75, 3.05) is 63.9 Å². The van der Waals surface area contributed by atoms with Crippen LogP contribution < -0.4 is 9.64 Å². The van der Waals surface area contributed by atoms with Crippen molar-refractivity contribution in [2.24, 2.45) is 0 Å². The number of hydrogen-bond donors (Lipinski definition) is 0. The molecule has 2 bridgehead atoms.